The molecule has 0 bridgehead atoms. The number of carboxylic acids is 1. The van der Waals surface area contributed by atoms with Crippen molar-refractivity contribution in [3.05, 3.63) is 28.3 Å². The molecular formula is C14H19ClO5S. The van der Waals surface area contributed by atoms with Crippen molar-refractivity contribution in [2.75, 3.05) is 19.0 Å². The second kappa shape index (κ2) is 7.24. The van der Waals surface area contributed by atoms with E-state index >= 15 is 0 Å². The van der Waals surface area contributed by atoms with Gasteiger partial charge >= 0.3 is 5.97 Å². The summed E-state index contributed by atoms with van der Waals surface area (Å²) in [5.41, 5.74) is 0.0833. The summed E-state index contributed by atoms with van der Waals surface area (Å²) in [6.07, 6.45) is 0. The minimum atomic E-state index is -3.64. The molecule has 0 fully saturated rings. The lowest BCUT2D eigenvalue weighted by atomic mass is 10.1. The molecule has 21 heavy (non-hydrogen) atoms. The summed E-state index contributed by atoms with van der Waals surface area (Å²) in [7, 11) is -3.64. The zero-order chi connectivity index (χ0) is 16.2. The Bertz CT molecular complexity index is 622. The van der Waals surface area contributed by atoms with Crippen molar-refractivity contribution in [3.8, 4) is 0 Å². The summed E-state index contributed by atoms with van der Waals surface area (Å²) >= 11 is 5.82. The summed E-state index contributed by atoms with van der Waals surface area (Å²) in [6.45, 7) is 5.93. The molecule has 0 atom stereocenters. The Balaban J connectivity index is 3.00. The minimum absolute atomic E-state index is 0.0550. The molecule has 0 saturated heterocycles. The van der Waals surface area contributed by atoms with Crippen LogP contribution in [0, 0.1) is 12.8 Å². The molecule has 0 amide bonds. The van der Waals surface area contributed by atoms with Crippen molar-refractivity contribution in [2.45, 2.75) is 25.7 Å². The van der Waals surface area contributed by atoms with Crippen molar-refractivity contribution < 1.29 is 23.1 Å². The molecular weight excluding hydrogens is 316 g/mol. The van der Waals surface area contributed by atoms with Crippen LogP contribution in [0.25, 0.3) is 0 Å². The van der Waals surface area contributed by atoms with Crippen LogP contribution >= 0.6 is 11.6 Å². The van der Waals surface area contributed by atoms with Crippen LogP contribution in [0.4, 0.5) is 0 Å². The normalized spacial score (nSPS) is 11.9. The van der Waals surface area contributed by atoms with Crippen molar-refractivity contribution in [2.24, 2.45) is 5.92 Å². The quantitative estimate of drug-likeness (QED) is 0.775. The highest BCUT2D eigenvalue weighted by Crippen LogP contribution is 2.25. The van der Waals surface area contributed by atoms with E-state index in [0.717, 1.165) is 0 Å². The fraction of sp³-hybridized carbons (Fsp3) is 0.500. The number of hydrogen-bond donors (Lipinski definition) is 1. The predicted molar refractivity (Wildman–Crippen MR) is 80.9 cm³/mol. The predicted octanol–water partition coefficient (Wildman–Crippen LogP) is 2.79. The first-order valence-electron chi connectivity index (χ1n) is 6.49. The van der Waals surface area contributed by atoms with Gasteiger partial charge in [0.25, 0.3) is 0 Å². The molecule has 1 N–H and O–H groups in total. The van der Waals surface area contributed by atoms with Crippen molar-refractivity contribution >= 4 is 27.4 Å². The largest absolute Gasteiger partial charge is 0.478 e. The molecule has 0 spiro atoms. The number of rotatable bonds is 7. The summed E-state index contributed by atoms with van der Waals surface area (Å²) < 4.78 is 29.9. The molecule has 0 radical (unpaired) electrons. The van der Waals surface area contributed by atoms with E-state index in [-0.39, 0.29) is 33.4 Å². The third-order valence-electron chi connectivity index (χ3n) is 2.84. The maximum absolute atomic E-state index is 12.3. The minimum Gasteiger partial charge on any atom is -0.478 e. The van der Waals surface area contributed by atoms with Crippen LogP contribution < -0.4 is 0 Å². The van der Waals surface area contributed by atoms with Crippen molar-refractivity contribution in [1.29, 1.82) is 0 Å². The molecule has 0 unspecified atom stereocenters. The first kappa shape index (κ1) is 17.9. The molecule has 1 aromatic carbocycles. The highest BCUT2D eigenvalue weighted by atomic mass is 35.5. The van der Waals surface area contributed by atoms with Crippen LogP contribution in [0.15, 0.2) is 17.0 Å². The fourth-order valence-corrected chi connectivity index (χ4v) is 3.52. The van der Waals surface area contributed by atoms with E-state index in [1.165, 1.54) is 19.1 Å². The fourth-order valence-electron chi connectivity index (χ4n) is 1.80. The lowest BCUT2D eigenvalue weighted by molar-refractivity contribution is 0.0696. The third kappa shape index (κ3) is 4.98. The van der Waals surface area contributed by atoms with Crippen LogP contribution in [0.5, 0.6) is 0 Å². The van der Waals surface area contributed by atoms with Crippen LogP contribution in [0.1, 0.15) is 29.8 Å². The van der Waals surface area contributed by atoms with Gasteiger partial charge in [-0.05, 0) is 30.5 Å². The molecule has 0 saturated carbocycles. The number of halogens is 1. The van der Waals surface area contributed by atoms with Crippen molar-refractivity contribution in [1.82, 2.24) is 0 Å². The second-order valence-corrected chi connectivity index (χ2v) is 7.68. The van der Waals surface area contributed by atoms with Gasteiger partial charge in [0.1, 0.15) is 0 Å². The van der Waals surface area contributed by atoms with E-state index in [9.17, 15) is 13.2 Å². The van der Waals surface area contributed by atoms with Gasteiger partial charge in [-0.1, -0.05) is 25.4 Å². The number of ether oxygens (including phenoxy) is 1. The van der Waals surface area contributed by atoms with Gasteiger partial charge in [-0.2, -0.15) is 0 Å². The lowest BCUT2D eigenvalue weighted by Gasteiger charge is -2.12. The molecule has 0 aromatic heterocycles. The number of aromatic carboxylic acids is 1. The van der Waals surface area contributed by atoms with Crippen LogP contribution in [-0.4, -0.2) is 38.5 Å². The van der Waals surface area contributed by atoms with Crippen LogP contribution in [0.3, 0.4) is 0 Å². The Labute approximate surface area is 129 Å². The van der Waals surface area contributed by atoms with E-state index in [1.807, 2.05) is 13.8 Å². The highest BCUT2D eigenvalue weighted by molar-refractivity contribution is 7.91. The molecule has 118 valence electrons. The Morgan fingerprint density at radius 1 is 1.38 bits per heavy atom. The zero-order valence-electron chi connectivity index (χ0n) is 12.2. The van der Waals surface area contributed by atoms with Gasteiger partial charge in [0.05, 0.1) is 22.8 Å². The van der Waals surface area contributed by atoms with Gasteiger partial charge in [0, 0.05) is 11.6 Å². The number of benzene rings is 1. The number of sulfone groups is 1. The average Bonchev–Trinajstić information content (AvgIpc) is 2.36. The van der Waals surface area contributed by atoms with E-state index in [2.05, 4.69) is 0 Å². The Morgan fingerprint density at radius 3 is 2.52 bits per heavy atom. The number of carboxylic acid groups (broad SMARTS) is 1. The molecule has 7 heteroatoms. The van der Waals surface area contributed by atoms with Crippen LogP contribution in [-0.2, 0) is 14.6 Å². The van der Waals surface area contributed by atoms with Gasteiger partial charge in [-0.25, -0.2) is 13.2 Å². The first-order chi connectivity index (χ1) is 9.65. The zero-order valence-corrected chi connectivity index (χ0v) is 13.8. The van der Waals surface area contributed by atoms with Gasteiger partial charge in [-0.3, -0.25) is 0 Å². The lowest BCUT2D eigenvalue weighted by Crippen LogP contribution is -2.16. The average molecular weight is 335 g/mol. The number of carbonyl (C=O) groups is 1. The monoisotopic (exact) mass is 334 g/mol. The van der Waals surface area contributed by atoms with Gasteiger partial charge in [-0.15, -0.1) is 0 Å². The van der Waals surface area contributed by atoms with E-state index in [4.69, 9.17) is 21.4 Å². The summed E-state index contributed by atoms with van der Waals surface area (Å²) in [5, 5.41) is 9.16. The van der Waals surface area contributed by atoms with E-state index in [1.54, 1.807) is 0 Å². The Hall–Kier alpha value is -1.11. The highest BCUT2D eigenvalue weighted by Gasteiger charge is 2.22. The van der Waals surface area contributed by atoms with E-state index in [0.29, 0.717) is 12.5 Å². The maximum atomic E-state index is 12.3. The third-order valence-corrected chi connectivity index (χ3v) is 4.85. The number of hydrogen-bond acceptors (Lipinski definition) is 4. The summed E-state index contributed by atoms with van der Waals surface area (Å²) in [4.78, 5) is 11.1. The maximum Gasteiger partial charge on any atom is 0.336 e. The Morgan fingerprint density at radius 2 is 2.00 bits per heavy atom. The van der Waals surface area contributed by atoms with Crippen LogP contribution in [0.2, 0.25) is 5.02 Å². The second-order valence-electron chi connectivity index (χ2n) is 5.17. The summed E-state index contributed by atoms with van der Waals surface area (Å²) in [5.74, 6) is -1.10. The van der Waals surface area contributed by atoms with Crippen molar-refractivity contribution in [3.63, 3.8) is 0 Å². The summed E-state index contributed by atoms with van der Waals surface area (Å²) in [6, 6.07) is 2.52. The molecule has 5 nitrogen and oxygen atoms in total. The SMILES string of the molecule is Cc1c(C(=O)O)cc(Cl)cc1S(=O)(=O)CCOCC(C)C. The van der Waals surface area contributed by atoms with E-state index < -0.39 is 15.8 Å². The van der Waals surface area contributed by atoms with Gasteiger partial charge in [0.15, 0.2) is 9.84 Å². The van der Waals surface area contributed by atoms with Gasteiger partial charge < -0.3 is 9.84 Å². The molecule has 0 aliphatic heterocycles. The smallest absolute Gasteiger partial charge is 0.336 e. The first-order valence-corrected chi connectivity index (χ1v) is 8.52. The molecule has 0 aliphatic carbocycles. The molecule has 0 aliphatic rings. The molecule has 1 aromatic rings. The molecule has 0 heterocycles. The topological polar surface area (TPSA) is 80.7 Å². The van der Waals surface area contributed by atoms with Gasteiger partial charge in [0.2, 0.25) is 0 Å². The molecule has 1 rings (SSSR count). The Kier molecular flexibility index (Phi) is 6.19. The standard InChI is InChI=1S/C14H19ClO5S/c1-9(2)8-20-4-5-21(18,19)13-7-11(15)6-12(10(13)3)14(16)17/h6-7,9H,4-5,8H2,1-3H3,(H,16,17).